The van der Waals surface area contributed by atoms with Gasteiger partial charge in [0.25, 0.3) is 12.4 Å². The van der Waals surface area contributed by atoms with Crippen LogP contribution in [0.5, 0.6) is 0 Å². The minimum atomic E-state index is -0.945. The van der Waals surface area contributed by atoms with Crippen LogP contribution < -0.4 is 26.6 Å². The van der Waals surface area contributed by atoms with E-state index in [9.17, 15) is 24.0 Å². The highest BCUT2D eigenvalue weighted by molar-refractivity contribution is 6.38. The van der Waals surface area contributed by atoms with Crippen molar-refractivity contribution in [2.24, 2.45) is 16.2 Å². The Kier molecular flexibility index (Phi) is 22.4. The first-order chi connectivity index (χ1) is 28.8. The van der Waals surface area contributed by atoms with Gasteiger partial charge in [0.05, 0.1) is 6.04 Å². The number of likely N-dealkylation sites (tertiary alicyclic amines) is 2. The van der Waals surface area contributed by atoms with Crippen molar-refractivity contribution < 1.29 is 33.9 Å². The molecule has 3 aliphatic rings. The highest BCUT2D eigenvalue weighted by atomic mass is 16.3. The summed E-state index contributed by atoms with van der Waals surface area (Å²) >= 11 is 0. The summed E-state index contributed by atoms with van der Waals surface area (Å²) in [6.45, 7) is 23.0. The largest absolute Gasteiger partial charge is 0.483 e. The smallest absolute Gasteiger partial charge is 0.315 e. The molecule has 1 aromatic rings. The van der Waals surface area contributed by atoms with Gasteiger partial charge in [0.1, 0.15) is 12.1 Å². The zero-order valence-corrected chi connectivity index (χ0v) is 39.2. The lowest BCUT2D eigenvalue weighted by Crippen LogP contribution is -2.62. The number of urea groups is 1. The van der Waals surface area contributed by atoms with Crippen LogP contribution in [0.1, 0.15) is 145 Å². The summed E-state index contributed by atoms with van der Waals surface area (Å²) in [7, 11) is 1.95. The minimum absolute atomic E-state index is 0.0374. The first-order valence-corrected chi connectivity index (χ1v) is 22.8. The van der Waals surface area contributed by atoms with Crippen molar-refractivity contribution in [2.45, 2.75) is 176 Å². The van der Waals surface area contributed by atoms with E-state index in [2.05, 4.69) is 99.0 Å². The predicted octanol–water partition coefficient (Wildman–Crippen LogP) is 6.03. The quantitative estimate of drug-likeness (QED) is 0.0714. The van der Waals surface area contributed by atoms with Crippen LogP contribution in [0.2, 0.25) is 0 Å². The van der Waals surface area contributed by atoms with Gasteiger partial charge in [0, 0.05) is 31.7 Å². The predicted molar refractivity (Wildman–Crippen MR) is 242 cm³/mol. The number of hydrogen-bond donors (Lipinski definition) is 6. The molecule has 1 saturated carbocycles. The Bertz CT molecular complexity index is 1510. The molecule has 14 heteroatoms. The molecule has 0 spiro atoms. The van der Waals surface area contributed by atoms with Crippen molar-refractivity contribution in [1.82, 2.24) is 36.4 Å². The summed E-state index contributed by atoms with van der Waals surface area (Å²) in [5.41, 5.74) is 0.926. The molecule has 14 nitrogen and oxygen atoms in total. The number of carbonyl (C=O) groups is 6. The van der Waals surface area contributed by atoms with Gasteiger partial charge in [0.15, 0.2) is 0 Å². The summed E-state index contributed by atoms with van der Waals surface area (Å²) in [6, 6.07) is 7.31. The number of amides is 5. The third kappa shape index (κ3) is 18.1. The zero-order valence-electron chi connectivity index (χ0n) is 39.2. The highest BCUT2D eigenvalue weighted by Gasteiger charge is 2.46. The van der Waals surface area contributed by atoms with Gasteiger partial charge in [-0.15, -0.1) is 0 Å². The van der Waals surface area contributed by atoms with Gasteiger partial charge in [-0.1, -0.05) is 112 Å². The van der Waals surface area contributed by atoms with Gasteiger partial charge in [-0.25, -0.2) is 4.79 Å². The SMILES string of the molecule is CCCC(NC(=O)C1CCCN1C(=O)C(NC(=O)NC(CN1CCC(C)(C)CC1)C(C)(C)C)C(C)(CCC)CCC)C(=O)C(=O)NC1CC1.CNCc1ccccc1.O=CO. The Morgan fingerprint density at radius 1 is 0.869 bits per heavy atom. The lowest BCUT2D eigenvalue weighted by molar-refractivity contribution is -0.144. The van der Waals surface area contributed by atoms with Crippen molar-refractivity contribution in [2.75, 3.05) is 33.2 Å². The maximum Gasteiger partial charge on any atom is 0.315 e. The number of carboxylic acid groups (broad SMARTS) is 1. The van der Waals surface area contributed by atoms with Crippen LogP contribution in [0.3, 0.4) is 0 Å². The van der Waals surface area contributed by atoms with Gasteiger partial charge in [0.2, 0.25) is 17.6 Å². The van der Waals surface area contributed by atoms with Gasteiger partial charge in [-0.05, 0) is 99.7 Å². The van der Waals surface area contributed by atoms with E-state index in [1.807, 2.05) is 32.2 Å². The molecule has 1 aliphatic carbocycles. The molecule has 2 saturated heterocycles. The average Bonchev–Trinajstić information content (AvgIpc) is 3.87. The average molecular weight is 856 g/mol. The van der Waals surface area contributed by atoms with E-state index >= 15 is 0 Å². The fraction of sp³-hybridized carbons (Fsp3) is 0.745. The fourth-order valence-corrected chi connectivity index (χ4v) is 8.29. The van der Waals surface area contributed by atoms with E-state index in [1.165, 1.54) is 5.56 Å². The summed E-state index contributed by atoms with van der Waals surface area (Å²) in [6.07, 6.45) is 9.13. The maximum absolute atomic E-state index is 14.6. The Hall–Kier alpha value is -4.04. The van der Waals surface area contributed by atoms with Crippen LogP contribution in [0.25, 0.3) is 0 Å². The zero-order chi connectivity index (χ0) is 45.8. The molecule has 3 fully saturated rings. The van der Waals surface area contributed by atoms with Crippen molar-refractivity contribution in [1.29, 1.82) is 0 Å². The third-order valence-corrected chi connectivity index (χ3v) is 12.3. The van der Waals surface area contributed by atoms with E-state index < -0.39 is 41.1 Å². The Labute approximate surface area is 366 Å². The van der Waals surface area contributed by atoms with Crippen LogP contribution in [0.4, 0.5) is 4.79 Å². The number of nitrogens with one attached hydrogen (secondary N) is 5. The second kappa shape index (κ2) is 25.8. The van der Waals surface area contributed by atoms with E-state index in [4.69, 9.17) is 9.90 Å². The number of nitrogens with zero attached hydrogens (tertiary/aromatic N) is 2. The third-order valence-electron chi connectivity index (χ3n) is 12.3. The Morgan fingerprint density at radius 2 is 1.46 bits per heavy atom. The molecule has 5 amide bonds. The van der Waals surface area contributed by atoms with Gasteiger partial charge in [-0.2, -0.15) is 0 Å². The topological polar surface area (TPSA) is 189 Å². The molecule has 0 radical (unpaired) electrons. The number of Topliss-reactive ketones (excluding diaryl/α,β-unsaturated/α-hetero) is 1. The number of carbonyl (C=O) groups excluding carboxylic acids is 5. The van der Waals surface area contributed by atoms with Crippen LogP contribution >= 0.6 is 0 Å². The molecule has 0 bridgehead atoms. The summed E-state index contributed by atoms with van der Waals surface area (Å²) in [5, 5.41) is 21.9. The van der Waals surface area contributed by atoms with E-state index in [-0.39, 0.29) is 35.9 Å². The first-order valence-electron chi connectivity index (χ1n) is 22.8. The molecular formula is C47H81N7O7. The van der Waals surface area contributed by atoms with E-state index in [0.29, 0.717) is 37.6 Å². The van der Waals surface area contributed by atoms with Crippen molar-refractivity contribution >= 4 is 36.0 Å². The molecule has 4 rings (SSSR count). The molecule has 6 N–H and O–H groups in total. The summed E-state index contributed by atoms with van der Waals surface area (Å²) in [5.74, 6) is -2.00. The summed E-state index contributed by atoms with van der Waals surface area (Å²) < 4.78 is 0. The van der Waals surface area contributed by atoms with Crippen molar-refractivity contribution in [3.8, 4) is 0 Å². The van der Waals surface area contributed by atoms with Gasteiger partial charge in [-0.3, -0.25) is 24.0 Å². The van der Waals surface area contributed by atoms with Crippen LogP contribution in [0, 0.1) is 16.2 Å². The molecule has 61 heavy (non-hydrogen) atoms. The monoisotopic (exact) mass is 856 g/mol. The molecular weight excluding hydrogens is 775 g/mol. The summed E-state index contributed by atoms with van der Waals surface area (Å²) in [4.78, 5) is 80.2. The van der Waals surface area contributed by atoms with Gasteiger partial charge < -0.3 is 41.5 Å². The van der Waals surface area contributed by atoms with Crippen molar-refractivity contribution in [3.63, 3.8) is 0 Å². The maximum atomic E-state index is 14.6. The van der Waals surface area contributed by atoms with Crippen LogP contribution in [0.15, 0.2) is 30.3 Å². The number of benzene rings is 1. The molecule has 2 heterocycles. The second-order valence-electron chi connectivity index (χ2n) is 19.4. The molecule has 1 aromatic carbocycles. The lowest BCUT2D eigenvalue weighted by atomic mass is 9.74. The number of rotatable bonds is 19. The first kappa shape index (κ1) is 53.1. The van der Waals surface area contributed by atoms with Gasteiger partial charge >= 0.3 is 6.03 Å². The fourth-order valence-electron chi connectivity index (χ4n) is 8.29. The molecule has 4 unspecified atom stereocenters. The number of piperidine rings is 1. The van der Waals surface area contributed by atoms with Crippen molar-refractivity contribution in [3.05, 3.63) is 35.9 Å². The van der Waals surface area contributed by atoms with E-state index in [1.54, 1.807) is 4.90 Å². The molecule has 346 valence electrons. The van der Waals surface area contributed by atoms with Crippen LogP contribution in [-0.2, 0) is 30.5 Å². The number of ketones is 1. The lowest BCUT2D eigenvalue weighted by Gasteiger charge is -2.42. The molecule has 4 atom stereocenters. The molecule has 0 aromatic heterocycles. The highest BCUT2D eigenvalue weighted by Crippen LogP contribution is 2.36. The minimum Gasteiger partial charge on any atom is -0.483 e. The Balaban J connectivity index is 0.000000921. The Morgan fingerprint density at radius 3 is 1.97 bits per heavy atom. The molecule has 2 aliphatic heterocycles. The standard InChI is InChI=1S/C38H68N6O5.C8H11N.CH2O2/c1-10-14-27(30(45)33(47)39-26-16-17-26)40-32(46)28-15-13-22-44(28)34(48)31(38(9,18-11-2)19-12-3)42-35(49)41-29(36(4,5)6)25-43-23-20-37(7,8)21-24-43;1-9-7-8-5-3-2-4-6-8;2-1-3/h26-29,31H,10-25H2,1-9H3,(H,39,47)(H,40,46)(H2,41,42,49);2-6,9H,7H2,1H3;1H,(H,2,3). The second-order valence-corrected chi connectivity index (χ2v) is 19.4. The van der Waals surface area contributed by atoms with Crippen LogP contribution in [-0.4, -0.2) is 114 Å². The van der Waals surface area contributed by atoms with E-state index in [0.717, 1.165) is 77.5 Å². The number of hydrogen-bond acceptors (Lipinski definition) is 8. The normalized spacial score (nSPS) is 19.0.